The Labute approximate surface area is 158 Å². The molecule has 8 heteroatoms. The molecule has 1 amide bonds. The number of anilines is 1. The Balaban J connectivity index is 1.78. The van der Waals surface area contributed by atoms with E-state index in [2.05, 4.69) is 5.32 Å². The van der Waals surface area contributed by atoms with Gasteiger partial charge >= 0.3 is 5.97 Å². The average Bonchev–Trinajstić information content (AvgIpc) is 2.64. The second-order valence-corrected chi connectivity index (χ2v) is 7.87. The molecule has 2 rings (SSSR count). The number of ether oxygens (including phenoxy) is 2. The van der Waals surface area contributed by atoms with Crippen LogP contribution in [0.5, 0.6) is 5.75 Å². The monoisotopic (exact) mass is 391 g/mol. The van der Waals surface area contributed by atoms with Crippen molar-refractivity contribution < 1.29 is 27.5 Å². The normalized spacial score (nSPS) is 10.9. The van der Waals surface area contributed by atoms with E-state index >= 15 is 0 Å². The first-order valence-corrected chi connectivity index (χ1v) is 10.1. The summed E-state index contributed by atoms with van der Waals surface area (Å²) >= 11 is 0. The van der Waals surface area contributed by atoms with Crippen LogP contribution in [0.4, 0.5) is 5.69 Å². The van der Waals surface area contributed by atoms with Gasteiger partial charge in [-0.25, -0.2) is 8.42 Å². The average molecular weight is 391 g/mol. The van der Waals surface area contributed by atoms with Gasteiger partial charge in [-0.1, -0.05) is 18.2 Å². The minimum atomic E-state index is -3.37. The fourth-order valence-corrected chi connectivity index (χ4v) is 2.93. The van der Waals surface area contributed by atoms with Crippen molar-refractivity contribution in [3.8, 4) is 5.75 Å². The number of amides is 1. The Hall–Kier alpha value is -2.87. The molecule has 0 aliphatic rings. The maximum Gasteiger partial charge on any atom is 0.306 e. The smallest absolute Gasteiger partial charge is 0.306 e. The highest BCUT2D eigenvalue weighted by molar-refractivity contribution is 7.90. The van der Waals surface area contributed by atoms with Crippen LogP contribution in [-0.4, -0.2) is 40.3 Å². The number of methoxy groups -OCH3 is 1. The van der Waals surface area contributed by atoms with Crippen LogP contribution >= 0.6 is 0 Å². The number of nitrogens with one attached hydrogen (secondary N) is 1. The van der Waals surface area contributed by atoms with Gasteiger partial charge in [0, 0.05) is 18.4 Å². The van der Waals surface area contributed by atoms with Crippen molar-refractivity contribution >= 4 is 27.4 Å². The molecule has 0 bridgehead atoms. The van der Waals surface area contributed by atoms with Crippen molar-refractivity contribution in [2.75, 3.05) is 25.3 Å². The Morgan fingerprint density at radius 1 is 1.07 bits per heavy atom. The molecule has 0 atom stereocenters. The summed E-state index contributed by atoms with van der Waals surface area (Å²) in [5, 5.41) is 2.50. The van der Waals surface area contributed by atoms with E-state index < -0.39 is 28.3 Å². The Morgan fingerprint density at radius 2 is 1.78 bits per heavy atom. The molecule has 0 heterocycles. The lowest BCUT2D eigenvalue weighted by atomic mass is 10.1. The van der Waals surface area contributed by atoms with Crippen LogP contribution in [0.1, 0.15) is 12.0 Å². The minimum Gasteiger partial charge on any atom is -0.497 e. The molecular formula is C19H21NO6S. The third kappa shape index (κ3) is 6.74. The lowest BCUT2D eigenvalue weighted by Gasteiger charge is -2.08. The zero-order valence-corrected chi connectivity index (χ0v) is 15.9. The summed E-state index contributed by atoms with van der Waals surface area (Å²) in [6.45, 7) is -0.440. The van der Waals surface area contributed by atoms with Gasteiger partial charge in [0.2, 0.25) is 0 Å². The summed E-state index contributed by atoms with van der Waals surface area (Å²) in [5.74, 6) is -0.303. The summed E-state index contributed by atoms with van der Waals surface area (Å²) in [6.07, 6.45) is 1.71. The number of sulfone groups is 1. The van der Waals surface area contributed by atoms with Crippen LogP contribution in [0.3, 0.4) is 0 Å². The number of aryl methyl sites for hydroxylation is 1. The number of rotatable bonds is 8. The highest BCUT2D eigenvalue weighted by atomic mass is 32.2. The predicted molar refractivity (Wildman–Crippen MR) is 100 cm³/mol. The number of benzene rings is 2. The van der Waals surface area contributed by atoms with Gasteiger partial charge in [-0.3, -0.25) is 9.59 Å². The SMILES string of the molecule is COc1ccc(CCC(=O)OCC(=O)Nc2cccc(S(C)(=O)=O)c2)cc1. The summed E-state index contributed by atoms with van der Waals surface area (Å²) < 4.78 is 33.1. The molecule has 0 fully saturated rings. The topological polar surface area (TPSA) is 98.8 Å². The molecule has 0 spiro atoms. The van der Waals surface area contributed by atoms with Gasteiger partial charge in [-0.15, -0.1) is 0 Å². The molecular weight excluding hydrogens is 370 g/mol. The number of carbonyl (C=O) groups is 2. The van der Waals surface area contributed by atoms with Crippen LogP contribution in [0, 0.1) is 0 Å². The van der Waals surface area contributed by atoms with E-state index in [4.69, 9.17) is 9.47 Å². The zero-order chi connectivity index (χ0) is 19.9. The second kappa shape index (κ2) is 9.18. The van der Waals surface area contributed by atoms with Crippen molar-refractivity contribution in [2.24, 2.45) is 0 Å². The largest absolute Gasteiger partial charge is 0.497 e. The maximum atomic E-state index is 11.9. The summed E-state index contributed by atoms with van der Waals surface area (Å²) in [7, 11) is -1.79. The van der Waals surface area contributed by atoms with Gasteiger partial charge in [0.15, 0.2) is 16.4 Å². The Kier molecular flexibility index (Phi) is 6.95. The Morgan fingerprint density at radius 3 is 2.41 bits per heavy atom. The standard InChI is InChI=1S/C19H21NO6S/c1-25-16-9-6-14(7-10-16)8-11-19(22)26-13-18(21)20-15-4-3-5-17(12-15)27(2,23)24/h3-7,9-10,12H,8,11,13H2,1-2H3,(H,20,21). The zero-order valence-electron chi connectivity index (χ0n) is 15.1. The molecule has 0 unspecified atom stereocenters. The Bertz CT molecular complexity index is 906. The van der Waals surface area contributed by atoms with E-state index in [-0.39, 0.29) is 11.3 Å². The number of hydrogen-bond donors (Lipinski definition) is 1. The van der Waals surface area contributed by atoms with Gasteiger partial charge in [0.25, 0.3) is 5.91 Å². The minimum absolute atomic E-state index is 0.0942. The number of carbonyl (C=O) groups excluding carboxylic acids is 2. The molecule has 0 saturated heterocycles. The third-order valence-corrected chi connectivity index (χ3v) is 4.80. The van der Waals surface area contributed by atoms with Crippen molar-refractivity contribution in [1.29, 1.82) is 0 Å². The lowest BCUT2D eigenvalue weighted by molar-refractivity contribution is -0.147. The highest BCUT2D eigenvalue weighted by Crippen LogP contribution is 2.15. The molecule has 0 aliphatic carbocycles. The van der Waals surface area contributed by atoms with E-state index in [9.17, 15) is 18.0 Å². The molecule has 0 aromatic heterocycles. The molecule has 27 heavy (non-hydrogen) atoms. The van der Waals surface area contributed by atoms with Crippen LogP contribution in [0.2, 0.25) is 0 Å². The van der Waals surface area contributed by atoms with Crippen LogP contribution < -0.4 is 10.1 Å². The van der Waals surface area contributed by atoms with Gasteiger partial charge < -0.3 is 14.8 Å². The molecule has 1 N–H and O–H groups in total. The molecule has 0 aliphatic heterocycles. The van der Waals surface area contributed by atoms with Crippen molar-refractivity contribution in [3.63, 3.8) is 0 Å². The third-order valence-electron chi connectivity index (χ3n) is 3.69. The predicted octanol–water partition coefficient (Wildman–Crippen LogP) is 2.21. The van der Waals surface area contributed by atoms with E-state index in [1.165, 1.54) is 18.2 Å². The number of hydrogen-bond acceptors (Lipinski definition) is 6. The summed E-state index contributed by atoms with van der Waals surface area (Å²) in [5.41, 5.74) is 1.27. The van der Waals surface area contributed by atoms with Gasteiger partial charge in [0.05, 0.1) is 12.0 Å². The van der Waals surface area contributed by atoms with Crippen molar-refractivity contribution in [2.45, 2.75) is 17.7 Å². The van der Waals surface area contributed by atoms with E-state index in [0.29, 0.717) is 12.1 Å². The van der Waals surface area contributed by atoms with Crippen LogP contribution in [-0.2, 0) is 30.6 Å². The summed E-state index contributed by atoms with van der Waals surface area (Å²) in [4.78, 5) is 23.7. The molecule has 2 aromatic rings. The first kappa shape index (κ1) is 20.4. The van der Waals surface area contributed by atoms with Gasteiger partial charge in [-0.2, -0.15) is 0 Å². The van der Waals surface area contributed by atoms with E-state index in [1.807, 2.05) is 12.1 Å². The quantitative estimate of drug-likeness (QED) is 0.693. The first-order valence-electron chi connectivity index (χ1n) is 8.16. The van der Waals surface area contributed by atoms with Crippen LogP contribution in [0.25, 0.3) is 0 Å². The van der Waals surface area contributed by atoms with Gasteiger partial charge in [0.1, 0.15) is 5.75 Å². The molecule has 0 radical (unpaired) electrons. The molecule has 144 valence electrons. The maximum absolute atomic E-state index is 11.9. The molecule has 0 saturated carbocycles. The molecule has 2 aromatic carbocycles. The van der Waals surface area contributed by atoms with E-state index in [1.54, 1.807) is 25.3 Å². The van der Waals surface area contributed by atoms with Gasteiger partial charge in [-0.05, 0) is 42.3 Å². The van der Waals surface area contributed by atoms with Crippen molar-refractivity contribution in [1.82, 2.24) is 0 Å². The summed E-state index contributed by atoms with van der Waals surface area (Å²) in [6, 6.07) is 13.2. The lowest BCUT2D eigenvalue weighted by Crippen LogP contribution is -2.21. The highest BCUT2D eigenvalue weighted by Gasteiger charge is 2.11. The number of esters is 1. The van der Waals surface area contributed by atoms with Crippen LogP contribution in [0.15, 0.2) is 53.4 Å². The van der Waals surface area contributed by atoms with E-state index in [0.717, 1.165) is 17.6 Å². The fraction of sp³-hybridized carbons (Fsp3) is 0.263. The first-order chi connectivity index (χ1) is 12.8. The fourth-order valence-electron chi connectivity index (χ4n) is 2.26. The van der Waals surface area contributed by atoms with Crippen molar-refractivity contribution in [3.05, 3.63) is 54.1 Å². The second-order valence-electron chi connectivity index (χ2n) is 5.86. The molecule has 7 nitrogen and oxygen atoms in total.